The fourth-order valence-corrected chi connectivity index (χ4v) is 5.04. The monoisotopic (exact) mass is 522 g/mol. The van der Waals surface area contributed by atoms with Crippen LogP contribution >= 0.6 is 23.2 Å². The number of aryl methyl sites for hydroxylation is 1. The molecule has 10 heteroatoms. The first-order valence-corrected chi connectivity index (χ1v) is 12.4. The number of carbonyl (C=O) groups is 1. The molecule has 0 saturated carbocycles. The van der Waals surface area contributed by atoms with Crippen LogP contribution in [0.5, 0.6) is 11.5 Å². The molecule has 0 unspecified atom stereocenters. The summed E-state index contributed by atoms with van der Waals surface area (Å²) in [4.78, 5) is 13.0. The van der Waals surface area contributed by atoms with Crippen molar-refractivity contribution >= 4 is 44.8 Å². The predicted octanol–water partition coefficient (Wildman–Crippen LogP) is 5.15. The average molecular weight is 523 g/mol. The summed E-state index contributed by atoms with van der Waals surface area (Å²) in [5.74, 6) is 0.0842. The van der Waals surface area contributed by atoms with Crippen molar-refractivity contribution in [2.45, 2.75) is 18.4 Å². The lowest BCUT2D eigenvalue weighted by Crippen LogP contribution is -2.37. The van der Waals surface area contributed by atoms with Crippen molar-refractivity contribution in [3.05, 3.63) is 81.8 Å². The molecule has 180 valence electrons. The van der Waals surface area contributed by atoms with Crippen LogP contribution < -0.4 is 14.8 Å². The number of halogens is 2. The Hall–Kier alpha value is -2.78. The molecular formula is C24H24Cl2N2O5S. The van der Waals surface area contributed by atoms with Gasteiger partial charge in [0, 0.05) is 23.7 Å². The summed E-state index contributed by atoms with van der Waals surface area (Å²) in [7, 11) is -1.14. The van der Waals surface area contributed by atoms with Crippen molar-refractivity contribution in [1.29, 1.82) is 0 Å². The van der Waals surface area contributed by atoms with Gasteiger partial charge in [-0.15, -0.1) is 0 Å². The number of rotatable bonds is 9. The Morgan fingerprint density at radius 3 is 2.26 bits per heavy atom. The van der Waals surface area contributed by atoms with E-state index in [9.17, 15) is 13.2 Å². The van der Waals surface area contributed by atoms with Gasteiger partial charge >= 0.3 is 0 Å². The number of nitrogens with one attached hydrogen (secondary N) is 1. The maximum absolute atomic E-state index is 13.4. The molecule has 0 saturated heterocycles. The fraction of sp³-hybridized carbons (Fsp3) is 0.208. The molecular weight excluding hydrogens is 499 g/mol. The molecule has 0 aromatic heterocycles. The highest BCUT2D eigenvalue weighted by Crippen LogP contribution is 2.36. The number of methoxy groups -OCH3 is 2. The molecule has 3 aromatic carbocycles. The van der Waals surface area contributed by atoms with Crippen LogP contribution in [0.15, 0.2) is 65.6 Å². The van der Waals surface area contributed by atoms with Gasteiger partial charge in [-0.3, -0.25) is 4.79 Å². The predicted molar refractivity (Wildman–Crippen MR) is 133 cm³/mol. The van der Waals surface area contributed by atoms with Crippen molar-refractivity contribution in [1.82, 2.24) is 4.31 Å². The number of carbonyl (C=O) groups excluding carboxylic acids is 1. The number of amides is 1. The van der Waals surface area contributed by atoms with Crippen LogP contribution in [0.3, 0.4) is 0 Å². The molecule has 0 aliphatic carbocycles. The number of sulfonamides is 1. The summed E-state index contributed by atoms with van der Waals surface area (Å²) in [5.41, 5.74) is 2.02. The van der Waals surface area contributed by atoms with Crippen molar-refractivity contribution in [3.63, 3.8) is 0 Å². The lowest BCUT2D eigenvalue weighted by Gasteiger charge is -2.22. The Labute approximate surface area is 209 Å². The quantitative estimate of drug-likeness (QED) is 0.420. The van der Waals surface area contributed by atoms with Gasteiger partial charge in [-0.2, -0.15) is 4.31 Å². The molecule has 3 aromatic rings. The second-order valence-electron chi connectivity index (χ2n) is 7.45. The topological polar surface area (TPSA) is 84.9 Å². The molecule has 7 nitrogen and oxygen atoms in total. The smallest absolute Gasteiger partial charge is 0.243 e. The van der Waals surface area contributed by atoms with E-state index >= 15 is 0 Å². The van der Waals surface area contributed by atoms with E-state index in [1.165, 1.54) is 50.6 Å². The van der Waals surface area contributed by atoms with Crippen LogP contribution in [0.2, 0.25) is 10.0 Å². The van der Waals surface area contributed by atoms with Crippen LogP contribution in [0.25, 0.3) is 0 Å². The molecule has 1 amide bonds. The summed E-state index contributed by atoms with van der Waals surface area (Å²) in [6, 6.07) is 16.2. The van der Waals surface area contributed by atoms with Gasteiger partial charge < -0.3 is 14.8 Å². The van der Waals surface area contributed by atoms with Gasteiger partial charge in [0.15, 0.2) is 0 Å². The fourth-order valence-electron chi connectivity index (χ4n) is 3.30. The zero-order valence-corrected chi connectivity index (χ0v) is 21.2. The SMILES string of the molecule is COc1cc(NC(=O)CN(Cc2cccc(C)c2)S(=O)(=O)c2ccc(Cl)cc2)c(OC)cc1Cl. The van der Waals surface area contributed by atoms with Gasteiger partial charge in [0.25, 0.3) is 0 Å². The minimum absolute atomic E-state index is 0.00112. The van der Waals surface area contributed by atoms with Crippen LogP contribution in [0.4, 0.5) is 5.69 Å². The summed E-state index contributed by atoms with van der Waals surface area (Å²) in [6.45, 7) is 1.47. The number of benzene rings is 3. The highest BCUT2D eigenvalue weighted by molar-refractivity contribution is 7.89. The Kier molecular flexibility index (Phi) is 8.43. The van der Waals surface area contributed by atoms with Crippen LogP contribution in [0.1, 0.15) is 11.1 Å². The van der Waals surface area contributed by atoms with E-state index in [1.54, 1.807) is 0 Å². The van der Waals surface area contributed by atoms with Gasteiger partial charge in [-0.1, -0.05) is 53.0 Å². The second kappa shape index (κ2) is 11.1. The summed E-state index contributed by atoms with van der Waals surface area (Å²) >= 11 is 12.1. The Morgan fingerprint density at radius 1 is 0.971 bits per heavy atom. The first-order valence-electron chi connectivity index (χ1n) is 10.2. The molecule has 0 aliphatic rings. The molecule has 0 aliphatic heterocycles. The number of ether oxygens (including phenoxy) is 2. The molecule has 0 heterocycles. The Balaban J connectivity index is 1.92. The van der Waals surface area contributed by atoms with Crippen molar-refractivity contribution in [2.24, 2.45) is 0 Å². The van der Waals surface area contributed by atoms with Gasteiger partial charge in [0.1, 0.15) is 11.5 Å². The number of hydrogen-bond donors (Lipinski definition) is 1. The molecule has 1 N–H and O–H groups in total. The van der Waals surface area contributed by atoms with Gasteiger partial charge in [-0.05, 0) is 36.8 Å². The van der Waals surface area contributed by atoms with E-state index in [1.807, 2.05) is 31.2 Å². The summed E-state index contributed by atoms with van der Waals surface area (Å²) in [5, 5.41) is 3.41. The lowest BCUT2D eigenvalue weighted by molar-refractivity contribution is -0.116. The van der Waals surface area contributed by atoms with E-state index < -0.39 is 22.5 Å². The highest BCUT2D eigenvalue weighted by atomic mass is 35.5. The minimum Gasteiger partial charge on any atom is -0.495 e. The van der Waals surface area contributed by atoms with Crippen LogP contribution in [-0.4, -0.2) is 39.4 Å². The first kappa shape index (κ1) is 25.8. The van der Waals surface area contributed by atoms with E-state index in [-0.39, 0.29) is 11.4 Å². The van der Waals surface area contributed by atoms with E-state index in [2.05, 4.69) is 5.32 Å². The molecule has 0 fully saturated rings. The second-order valence-corrected chi connectivity index (χ2v) is 10.2. The van der Waals surface area contributed by atoms with E-state index in [0.29, 0.717) is 27.2 Å². The molecule has 34 heavy (non-hydrogen) atoms. The van der Waals surface area contributed by atoms with Crippen LogP contribution in [-0.2, 0) is 21.4 Å². The maximum Gasteiger partial charge on any atom is 0.243 e. The van der Waals surface area contributed by atoms with Gasteiger partial charge in [0.05, 0.1) is 36.4 Å². The number of nitrogens with zero attached hydrogens (tertiary/aromatic N) is 1. The first-order chi connectivity index (χ1) is 16.1. The Morgan fingerprint density at radius 2 is 1.65 bits per heavy atom. The molecule has 0 radical (unpaired) electrons. The normalized spacial score (nSPS) is 11.4. The molecule has 0 spiro atoms. The molecule has 3 rings (SSSR count). The highest BCUT2D eigenvalue weighted by Gasteiger charge is 2.27. The van der Waals surface area contributed by atoms with Gasteiger partial charge in [-0.25, -0.2) is 8.42 Å². The third-order valence-corrected chi connectivity index (χ3v) is 7.31. The zero-order valence-electron chi connectivity index (χ0n) is 18.8. The summed E-state index contributed by atoms with van der Waals surface area (Å²) < 4.78 is 38.5. The number of anilines is 1. The summed E-state index contributed by atoms with van der Waals surface area (Å²) in [6.07, 6.45) is 0. The van der Waals surface area contributed by atoms with Crippen molar-refractivity contribution in [3.8, 4) is 11.5 Å². The third-order valence-electron chi connectivity index (χ3n) is 4.96. The number of hydrogen-bond acceptors (Lipinski definition) is 5. The minimum atomic E-state index is -4.01. The van der Waals surface area contributed by atoms with Crippen molar-refractivity contribution in [2.75, 3.05) is 26.1 Å². The van der Waals surface area contributed by atoms with Crippen molar-refractivity contribution < 1.29 is 22.7 Å². The van der Waals surface area contributed by atoms with Gasteiger partial charge in [0.2, 0.25) is 15.9 Å². The van der Waals surface area contributed by atoms with Crippen LogP contribution in [0, 0.1) is 6.92 Å². The maximum atomic E-state index is 13.4. The third kappa shape index (κ3) is 6.21. The largest absolute Gasteiger partial charge is 0.495 e. The van der Waals surface area contributed by atoms with E-state index in [4.69, 9.17) is 32.7 Å². The lowest BCUT2D eigenvalue weighted by atomic mass is 10.1. The van der Waals surface area contributed by atoms with E-state index in [0.717, 1.165) is 15.4 Å². The zero-order chi connectivity index (χ0) is 24.9. The molecule has 0 atom stereocenters. The Bertz CT molecular complexity index is 1280. The average Bonchev–Trinajstić information content (AvgIpc) is 2.79. The molecule has 0 bridgehead atoms. The standard InChI is InChI=1S/C24H24Cl2N2O5S/c1-16-5-4-6-17(11-16)14-28(34(30,31)19-9-7-18(25)8-10-19)15-24(29)27-21-13-22(32-2)20(26)12-23(21)33-3/h4-13H,14-15H2,1-3H3,(H,27,29).